The number of tetrazole rings is 1. The minimum atomic E-state index is -0.172. The van der Waals surface area contributed by atoms with E-state index in [0.29, 0.717) is 29.5 Å². The highest BCUT2D eigenvalue weighted by atomic mass is 16.5. The fourth-order valence-electron chi connectivity index (χ4n) is 4.54. The summed E-state index contributed by atoms with van der Waals surface area (Å²) in [6.45, 7) is 4.34. The normalized spacial score (nSPS) is 15.6. The number of hydrogen-bond acceptors (Lipinski definition) is 9. The van der Waals surface area contributed by atoms with Crippen molar-refractivity contribution in [3.05, 3.63) is 53.3 Å². The second kappa shape index (κ2) is 11.4. The number of nitrogens with zero attached hydrogens (tertiary/aromatic N) is 6. The molecule has 1 aliphatic heterocycles. The molecule has 10 nitrogen and oxygen atoms in total. The molecule has 0 aliphatic carbocycles. The Morgan fingerprint density at radius 3 is 2.29 bits per heavy atom. The molecule has 0 bridgehead atoms. The average Bonchev–Trinajstić information content (AvgIpc) is 3.36. The maximum absolute atomic E-state index is 5.81. The minimum absolute atomic E-state index is 0.172. The molecule has 188 valence electrons. The second-order valence-corrected chi connectivity index (χ2v) is 8.52. The first-order valence-electron chi connectivity index (χ1n) is 11.7. The number of ether oxygens (including phenoxy) is 4. The Morgan fingerprint density at radius 1 is 0.857 bits per heavy atom. The number of likely N-dealkylation sites (N-methyl/N-ethyl adjacent to an activating group) is 1. The van der Waals surface area contributed by atoms with Gasteiger partial charge in [0.05, 0.1) is 28.4 Å². The highest BCUT2D eigenvalue weighted by molar-refractivity contribution is 5.49. The molecule has 1 saturated heterocycles. The molecule has 1 aromatic heterocycles. The first-order valence-corrected chi connectivity index (χ1v) is 11.7. The highest BCUT2D eigenvalue weighted by Gasteiger charge is 2.33. The summed E-state index contributed by atoms with van der Waals surface area (Å²) in [4.78, 5) is 4.74. The van der Waals surface area contributed by atoms with Gasteiger partial charge in [0.2, 0.25) is 0 Å². The lowest BCUT2D eigenvalue weighted by Crippen LogP contribution is -2.46. The topological polar surface area (TPSA) is 87.0 Å². The van der Waals surface area contributed by atoms with E-state index in [0.717, 1.165) is 49.6 Å². The number of hydrogen-bond donors (Lipinski definition) is 0. The predicted octanol–water partition coefficient (Wildman–Crippen LogP) is 2.29. The average molecular weight is 483 g/mol. The zero-order valence-electron chi connectivity index (χ0n) is 21.1. The molecular weight excluding hydrogens is 448 g/mol. The van der Waals surface area contributed by atoms with E-state index in [1.165, 1.54) is 0 Å². The lowest BCUT2D eigenvalue weighted by molar-refractivity contribution is 0.120. The van der Waals surface area contributed by atoms with Crippen molar-refractivity contribution >= 4 is 0 Å². The van der Waals surface area contributed by atoms with E-state index in [9.17, 15) is 0 Å². The lowest BCUT2D eigenvalue weighted by atomic mass is 10.0. The maximum atomic E-state index is 5.81. The Balaban J connectivity index is 1.67. The molecule has 10 heteroatoms. The van der Waals surface area contributed by atoms with Crippen molar-refractivity contribution in [1.82, 2.24) is 30.0 Å². The van der Waals surface area contributed by atoms with Crippen LogP contribution in [0.1, 0.15) is 23.0 Å². The third-order valence-electron chi connectivity index (χ3n) is 6.50. The third kappa shape index (κ3) is 5.33. The van der Waals surface area contributed by atoms with Crippen LogP contribution < -0.4 is 18.9 Å². The molecule has 35 heavy (non-hydrogen) atoms. The number of methoxy groups -OCH3 is 4. The Labute approximate surface area is 206 Å². The summed E-state index contributed by atoms with van der Waals surface area (Å²) < 4.78 is 24.1. The molecule has 1 aliphatic rings. The van der Waals surface area contributed by atoms with Gasteiger partial charge >= 0.3 is 0 Å². The van der Waals surface area contributed by atoms with Crippen LogP contribution in [0.2, 0.25) is 0 Å². The molecule has 2 heterocycles. The van der Waals surface area contributed by atoms with E-state index in [-0.39, 0.29) is 6.04 Å². The summed E-state index contributed by atoms with van der Waals surface area (Å²) in [7, 11) is 8.74. The van der Waals surface area contributed by atoms with E-state index in [1.54, 1.807) is 28.4 Å². The Hall–Kier alpha value is -3.37. The van der Waals surface area contributed by atoms with Crippen LogP contribution in [0, 0.1) is 0 Å². The molecule has 0 unspecified atom stereocenters. The SMILES string of the molecule is COc1ccc(CCn2nnnc2[C@@H](c2cccc(OC)c2OC)N2CCN(C)CC2)cc1OC. The van der Waals surface area contributed by atoms with Crippen LogP contribution in [0.3, 0.4) is 0 Å². The molecule has 3 aromatic rings. The fourth-order valence-corrected chi connectivity index (χ4v) is 4.54. The first kappa shape index (κ1) is 24.7. The van der Waals surface area contributed by atoms with Gasteiger partial charge in [-0.2, -0.15) is 0 Å². The first-order chi connectivity index (χ1) is 17.1. The number of aryl methyl sites for hydroxylation is 2. The molecule has 0 amide bonds. The van der Waals surface area contributed by atoms with Crippen molar-refractivity contribution in [2.45, 2.75) is 19.0 Å². The van der Waals surface area contributed by atoms with Gasteiger partial charge in [-0.15, -0.1) is 5.10 Å². The van der Waals surface area contributed by atoms with Gasteiger partial charge in [0.25, 0.3) is 0 Å². The predicted molar refractivity (Wildman–Crippen MR) is 132 cm³/mol. The summed E-state index contributed by atoms with van der Waals surface area (Å²) in [6.07, 6.45) is 0.739. The molecule has 1 fully saturated rings. The van der Waals surface area contributed by atoms with E-state index in [1.807, 2.05) is 35.0 Å². The summed E-state index contributed by atoms with van der Waals surface area (Å²) in [6, 6.07) is 11.7. The van der Waals surface area contributed by atoms with Crippen molar-refractivity contribution in [2.24, 2.45) is 0 Å². The standard InChI is InChI=1S/C25H34N6O4/c1-29-13-15-30(16-14-29)23(19-7-6-8-21(33-3)24(19)35-5)25-26-27-28-31(25)12-11-18-9-10-20(32-2)22(17-18)34-4/h6-10,17,23H,11-16H2,1-5H3/t23-/m1/s1. The second-order valence-electron chi connectivity index (χ2n) is 8.52. The van der Waals surface area contributed by atoms with Gasteiger partial charge in [-0.05, 0) is 47.7 Å². The quantitative estimate of drug-likeness (QED) is 0.432. The van der Waals surface area contributed by atoms with E-state index in [2.05, 4.69) is 38.4 Å². The van der Waals surface area contributed by atoms with E-state index >= 15 is 0 Å². The number of aromatic nitrogens is 4. The number of rotatable bonds is 10. The van der Waals surface area contributed by atoms with Gasteiger partial charge in [-0.25, -0.2) is 4.68 Å². The van der Waals surface area contributed by atoms with Crippen LogP contribution in [-0.2, 0) is 13.0 Å². The fraction of sp³-hybridized carbons (Fsp3) is 0.480. The largest absolute Gasteiger partial charge is 0.493 e. The highest BCUT2D eigenvalue weighted by Crippen LogP contribution is 2.39. The van der Waals surface area contributed by atoms with Gasteiger partial charge in [0, 0.05) is 38.3 Å². The summed E-state index contributed by atoms with van der Waals surface area (Å²) in [5.74, 6) is 3.58. The van der Waals surface area contributed by atoms with Crippen molar-refractivity contribution in [3.63, 3.8) is 0 Å². The molecule has 0 N–H and O–H groups in total. The van der Waals surface area contributed by atoms with E-state index in [4.69, 9.17) is 18.9 Å². The number of piperazine rings is 1. The monoisotopic (exact) mass is 482 g/mol. The Bertz CT molecular complexity index is 1110. The summed E-state index contributed by atoms with van der Waals surface area (Å²) in [5, 5.41) is 12.9. The van der Waals surface area contributed by atoms with Gasteiger partial charge in [0.1, 0.15) is 6.04 Å². The zero-order valence-corrected chi connectivity index (χ0v) is 21.1. The van der Waals surface area contributed by atoms with Crippen LogP contribution in [-0.4, -0.2) is 91.7 Å². The van der Waals surface area contributed by atoms with Crippen LogP contribution in [0.15, 0.2) is 36.4 Å². The van der Waals surface area contributed by atoms with Crippen LogP contribution >= 0.6 is 0 Å². The molecule has 4 rings (SSSR count). The third-order valence-corrected chi connectivity index (χ3v) is 6.50. The van der Waals surface area contributed by atoms with Crippen LogP contribution in [0.25, 0.3) is 0 Å². The molecule has 0 spiro atoms. The van der Waals surface area contributed by atoms with Crippen molar-refractivity contribution in [1.29, 1.82) is 0 Å². The molecular formula is C25H34N6O4. The number of para-hydroxylation sites is 1. The van der Waals surface area contributed by atoms with Crippen molar-refractivity contribution < 1.29 is 18.9 Å². The Morgan fingerprint density at radius 2 is 1.60 bits per heavy atom. The van der Waals surface area contributed by atoms with Gasteiger partial charge in [-0.3, -0.25) is 4.90 Å². The molecule has 0 radical (unpaired) electrons. The van der Waals surface area contributed by atoms with Gasteiger partial charge in [-0.1, -0.05) is 18.2 Å². The van der Waals surface area contributed by atoms with Crippen molar-refractivity contribution in [2.75, 3.05) is 61.7 Å². The van der Waals surface area contributed by atoms with Crippen LogP contribution in [0.5, 0.6) is 23.0 Å². The van der Waals surface area contributed by atoms with Gasteiger partial charge < -0.3 is 23.8 Å². The van der Waals surface area contributed by atoms with Crippen molar-refractivity contribution in [3.8, 4) is 23.0 Å². The van der Waals surface area contributed by atoms with Gasteiger partial charge in [0.15, 0.2) is 28.8 Å². The summed E-state index contributed by atoms with van der Waals surface area (Å²) in [5.41, 5.74) is 2.10. The molecule has 1 atom stereocenters. The lowest BCUT2D eigenvalue weighted by Gasteiger charge is -2.38. The minimum Gasteiger partial charge on any atom is -0.493 e. The zero-order chi connectivity index (χ0) is 24.8. The maximum Gasteiger partial charge on any atom is 0.173 e. The molecule has 0 saturated carbocycles. The Kier molecular flexibility index (Phi) is 8.04. The molecule has 2 aromatic carbocycles. The van der Waals surface area contributed by atoms with Crippen LogP contribution in [0.4, 0.5) is 0 Å². The smallest absolute Gasteiger partial charge is 0.173 e. The number of benzene rings is 2. The summed E-state index contributed by atoms with van der Waals surface area (Å²) >= 11 is 0. The van der Waals surface area contributed by atoms with E-state index < -0.39 is 0 Å².